The van der Waals surface area contributed by atoms with Crippen LogP contribution in [0.15, 0.2) is 10.6 Å². The Morgan fingerprint density at radius 2 is 2.38 bits per heavy atom. The largest absolute Gasteiger partial charge is 0.360 e. The molecule has 0 saturated carbocycles. The summed E-state index contributed by atoms with van der Waals surface area (Å²) in [6.45, 7) is 6.15. The summed E-state index contributed by atoms with van der Waals surface area (Å²) in [5, 5.41) is 9.55. The van der Waals surface area contributed by atoms with Crippen LogP contribution in [-0.2, 0) is 9.59 Å². The highest BCUT2D eigenvalue weighted by Crippen LogP contribution is 2.10. The molecule has 0 aromatic carbocycles. The second-order valence-electron chi connectivity index (χ2n) is 5.00. The van der Waals surface area contributed by atoms with Crippen molar-refractivity contribution in [1.29, 1.82) is 0 Å². The van der Waals surface area contributed by atoms with Crippen LogP contribution >= 0.6 is 11.8 Å². The van der Waals surface area contributed by atoms with Gasteiger partial charge in [-0.1, -0.05) is 5.16 Å². The second-order valence-corrected chi connectivity index (χ2v) is 5.99. The maximum atomic E-state index is 12.1. The number of hydrogen-bond donors (Lipinski definition) is 2. The van der Waals surface area contributed by atoms with Gasteiger partial charge in [-0.2, -0.15) is 0 Å². The molecule has 2 heterocycles. The Labute approximate surface area is 127 Å². The molecule has 1 aliphatic rings. The lowest BCUT2D eigenvalue weighted by Gasteiger charge is -2.33. The number of piperazine rings is 1. The molecule has 1 saturated heterocycles. The molecule has 0 spiro atoms. The van der Waals surface area contributed by atoms with Gasteiger partial charge in [-0.15, -0.1) is 11.8 Å². The quantitative estimate of drug-likeness (QED) is 0.822. The fourth-order valence-corrected chi connectivity index (χ4v) is 2.83. The Morgan fingerprint density at radius 1 is 1.57 bits per heavy atom. The highest BCUT2D eigenvalue weighted by atomic mass is 32.2. The summed E-state index contributed by atoms with van der Waals surface area (Å²) in [5.74, 6) is 1.47. The molecule has 8 heteroatoms. The zero-order chi connectivity index (χ0) is 15.2. The van der Waals surface area contributed by atoms with Crippen LogP contribution in [0.2, 0.25) is 0 Å². The van der Waals surface area contributed by atoms with E-state index in [1.165, 1.54) is 11.8 Å². The van der Waals surface area contributed by atoms with Gasteiger partial charge < -0.3 is 20.1 Å². The van der Waals surface area contributed by atoms with Gasteiger partial charge in [-0.05, 0) is 13.8 Å². The number of anilines is 1. The minimum atomic E-state index is -0.186. The number of aryl methyl sites for hydroxylation is 1. The van der Waals surface area contributed by atoms with E-state index in [-0.39, 0.29) is 23.6 Å². The van der Waals surface area contributed by atoms with Crippen LogP contribution in [0.1, 0.15) is 12.7 Å². The van der Waals surface area contributed by atoms with Crippen molar-refractivity contribution < 1.29 is 14.1 Å². The van der Waals surface area contributed by atoms with Crippen molar-refractivity contribution in [2.75, 3.05) is 36.5 Å². The Hall–Kier alpha value is -1.54. The average molecular weight is 312 g/mol. The third-order valence-electron chi connectivity index (χ3n) is 3.18. The molecule has 1 aromatic rings. The third-order valence-corrected chi connectivity index (χ3v) is 4.09. The minimum Gasteiger partial charge on any atom is -0.360 e. The first kappa shape index (κ1) is 15.8. The van der Waals surface area contributed by atoms with E-state index in [2.05, 4.69) is 15.8 Å². The lowest BCUT2D eigenvalue weighted by Crippen LogP contribution is -2.52. The van der Waals surface area contributed by atoms with Crippen LogP contribution < -0.4 is 10.6 Å². The number of nitrogens with zero attached hydrogens (tertiary/aromatic N) is 2. The van der Waals surface area contributed by atoms with Gasteiger partial charge in [0.15, 0.2) is 5.82 Å². The molecule has 21 heavy (non-hydrogen) atoms. The highest BCUT2D eigenvalue weighted by molar-refractivity contribution is 8.00. The summed E-state index contributed by atoms with van der Waals surface area (Å²) in [7, 11) is 0. The van der Waals surface area contributed by atoms with Crippen molar-refractivity contribution in [3.63, 3.8) is 0 Å². The van der Waals surface area contributed by atoms with Crippen LogP contribution in [-0.4, -0.2) is 59.1 Å². The number of amides is 2. The monoisotopic (exact) mass is 312 g/mol. The lowest BCUT2D eigenvalue weighted by atomic mass is 10.2. The summed E-state index contributed by atoms with van der Waals surface area (Å²) in [4.78, 5) is 25.6. The van der Waals surface area contributed by atoms with E-state index in [0.717, 1.165) is 19.6 Å². The van der Waals surface area contributed by atoms with E-state index in [1.54, 1.807) is 13.0 Å². The first-order valence-electron chi connectivity index (χ1n) is 6.87. The number of rotatable bonds is 5. The number of carbonyl (C=O) groups excluding carboxylic acids is 2. The average Bonchev–Trinajstić information content (AvgIpc) is 2.84. The van der Waals surface area contributed by atoms with E-state index in [1.807, 2.05) is 11.8 Å². The zero-order valence-electron chi connectivity index (χ0n) is 12.2. The van der Waals surface area contributed by atoms with Crippen molar-refractivity contribution in [3.8, 4) is 0 Å². The number of carbonyl (C=O) groups is 2. The Bertz CT molecular complexity index is 505. The van der Waals surface area contributed by atoms with Gasteiger partial charge in [0.1, 0.15) is 5.76 Å². The van der Waals surface area contributed by atoms with Crippen LogP contribution in [0.4, 0.5) is 5.82 Å². The highest BCUT2D eigenvalue weighted by Gasteiger charge is 2.22. The van der Waals surface area contributed by atoms with Gasteiger partial charge in [0.05, 0.1) is 11.5 Å². The Balaban J connectivity index is 1.68. The van der Waals surface area contributed by atoms with Crippen LogP contribution in [0.25, 0.3) is 0 Å². The predicted molar refractivity (Wildman–Crippen MR) is 81.2 cm³/mol. The van der Waals surface area contributed by atoms with Crippen LogP contribution in [0.5, 0.6) is 0 Å². The number of aromatic nitrogens is 1. The minimum absolute atomic E-state index is 0.0825. The first-order chi connectivity index (χ1) is 10.1. The van der Waals surface area contributed by atoms with E-state index in [0.29, 0.717) is 17.3 Å². The molecule has 2 amide bonds. The number of thioether (sulfide) groups is 1. The van der Waals surface area contributed by atoms with E-state index >= 15 is 0 Å². The molecular formula is C13H20N4O3S. The van der Waals surface area contributed by atoms with Crippen molar-refractivity contribution in [2.24, 2.45) is 0 Å². The number of nitrogens with one attached hydrogen (secondary N) is 2. The molecule has 2 N–H and O–H groups in total. The molecule has 0 aliphatic carbocycles. The summed E-state index contributed by atoms with van der Waals surface area (Å²) in [6, 6.07) is 1.86. The van der Waals surface area contributed by atoms with Crippen molar-refractivity contribution in [3.05, 3.63) is 11.8 Å². The zero-order valence-corrected chi connectivity index (χ0v) is 13.0. The predicted octanol–water partition coefficient (Wildman–Crippen LogP) is 0.475. The molecule has 0 radical (unpaired) electrons. The van der Waals surface area contributed by atoms with Gasteiger partial charge in [0.2, 0.25) is 11.8 Å². The smallest absolute Gasteiger partial charge is 0.235 e. The van der Waals surface area contributed by atoms with E-state index in [4.69, 9.17) is 4.52 Å². The fraction of sp³-hybridized carbons (Fsp3) is 0.615. The van der Waals surface area contributed by atoms with E-state index in [9.17, 15) is 9.59 Å². The van der Waals surface area contributed by atoms with Crippen LogP contribution in [0, 0.1) is 6.92 Å². The maximum Gasteiger partial charge on any atom is 0.235 e. The molecule has 1 atom stereocenters. The summed E-state index contributed by atoms with van der Waals surface area (Å²) < 4.78 is 4.86. The topological polar surface area (TPSA) is 87.5 Å². The van der Waals surface area contributed by atoms with Gasteiger partial charge in [0.25, 0.3) is 0 Å². The Kier molecular flexibility index (Phi) is 5.63. The van der Waals surface area contributed by atoms with Crippen molar-refractivity contribution >= 4 is 29.4 Å². The molecule has 2 rings (SSSR count). The van der Waals surface area contributed by atoms with Crippen LogP contribution in [0.3, 0.4) is 0 Å². The van der Waals surface area contributed by atoms with Gasteiger partial charge in [-0.25, -0.2) is 0 Å². The fourth-order valence-electron chi connectivity index (χ4n) is 2.13. The third kappa shape index (κ3) is 4.75. The summed E-state index contributed by atoms with van der Waals surface area (Å²) in [5.41, 5.74) is 0. The van der Waals surface area contributed by atoms with Gasteiger partial charge in [0, 0.05) is 31.7 Å². The van der Waals surface area contributed by atoms with Gasteiger partial charge >= 0.3 is 0 Å². The Morgan fingerprint density at radius 3 is 3.05 bits per heavy atom. The SMILES string of the molecule is Cc1cc(NC(=O)CSCC(=O)N2CCNC[C@H]2C)no1. The molecule has 0 bridgehead atoms. The summed E-state index contributed by atoms with van der Waals surface area (Å²) >= 11 is 1.31. The lowest BCUT2D eigenvalue weighted by molar-refractivity contribution is -0.131. The van der Waals surface area contributed by atoms with Crippen molar-refractivity contribution in [2.45, 2.75) is 19.9 Å². The second kappa shape index (κ2) is 7.46. The van der Waals surface area contributed by atoms with Crippen molar-refractivity contribution in [1.82, 2.24) is 15.4 Å². The molecule has 1 aromatic heterocycles. The normalized spacial score (nSPS) is 18.6. The maximum absolute atomic E-state index is 12.1. The van der Waals surface area contributed by atoms with Gasteiger partial charge in [-0.3, -0.25) is 9.59 Å². The molecule has 1 fully saturated rings. The molecular weight excluding hydrogens is 292 g/mol. The molecule has 7 nitrogen and oxygen atoms in total. The molecule has 116 valence electrons. The number of hydrogen-bond acceptors (Lipinski definition) is 6. The molecule has 1 aliphatic heterocycles. The summed E-state index contributed by atoms with van der Waals surface area (Å²) in [6.07, 6.45) is 0. The standard InChI is InChI=1S/C13H20N4O3S/c1-9-6-14-3-4-17(9)13(19)8-21-7-12(18)15-11-5-10(2)20-16-11/h5,9,14H,3-4,6-8H2,1-2H3,(H,15,16,18)/t9-/m1/s1. The molecule has 0 unspecified atom stereocenters. The van der Waals surface area contributed by atoms with E-state index < -0.39 is 0 Å². The first-order valence-corrected chi connectivity index (χ1v) is 8.03.